The normalized spacial score (nSPS) is 13.0. The van der Waals surface area contributed by atoms with Gasteiger partial charge in [0, 0.05) is 31.0 Å². The number of fused-ring (bicyclic) bond motifs is 1. The van der Waals surface area contributed by atoms with Crippen LogP contribution >= 0.6 is 0 Å². The van der Waals surface area contributed by atoms with Crippen molar-refractivity contribution in [1.82, 2.24) is 14.9 Å². The van der Waals surface area contributed by atoms with E-state index in [4.69, 9.17) is 9.47 Å². The molecule has 0 fully saturated rings. The Morgan fingerprint density at radius 1 is 1.52 bits per heavy atom. The summed E-state index contributed by atoms with van der Waals surface area (Å²) >= 11 is 0. The Labute approximate surface area is 157 Å². The lowest BCUT2D eigenvalue weighted by atomic mass is 10.0. The second kappa shape index (κ2) is 8.72. The maximum Gasteiger partial charge on any atom is 0.261 e. The summed E-state index contributed by atoms with van der Waals surface area (Å²) in [5, 5.41) is 12.1. The van der Waals surface area contributed by atoms with Gasteiger partial charge < -0.3 is 19.4 Å². The Morgan fingerprint density at radius 3 is 3.15 bits per heavy atom. The first kappa shape index (κ1) is 18.3. The molecular formula is C20H20N4O3. The highest BCUT2D eigenvalue weighted by Crippen LogP contribution is 2.35. The molecule has 1 aliphatic rings. The Morgan fingerprint density at radius 2 is 2.41 bits per heavy atom. The lowest BCUT2D eigenvalue weighted by Crippen LogP contribution is -2.26. The first-order valence-corrected chi connectivity index (χ1v) is 8.57. The fourth-order valence-corrected chi connectivity index (χ4v) is 2.75. The molecule has 0 saturated carbocycles. The quantitative estimate of drug-likeness (QED) is 0.463. The molecule has 0 saturated heterocycles. The highest BCUT2D eigenvalue weighted by Gasteiger charge is 2.16. The van der Waals surface area contributed by atoms with Crippen LogP contribution in [0.2, 0.25) is 0 Å². The van der Waals surface area contributed by atoms with Gasteiger partial charge in [-0.3, -0.25) is 4.79 Å². The van der Waals surface area contributed by atoms with Crippen molar-refractivity contribution in [3.05, 3.63) is 59.7 Å². The molecule has 1 aromatic carbocycles. The summed E-state index contributed by atoms with van der Waals surface area (Å²) in [7, 11) is 1.59. The molecule has 1 amide bonds. The largest absolute Gasteiger partial charge is 0.493 e. The van der Waals surface area contributed by atoms with E-state index in [2.05, 4.69) is 10.3 Å². The van der Waals surface area contributed by atoms with Crippen molar-refractivity contribution in [1.29, 1.82) is 5.26 Å². The molecule has 2 heterocycles. The van der Waals surface area contributed by atoms with E-state index in [9.17, 15) is 10.1 Å². The number of imidazole rings is 1. The van der Waals surface area contributed by atoms with Crippen molar-refractivity contribution in [3.8, 4) is 17.6 Å². The highest BCUT2D eigenvalue weighted by molar-refractivity contribution is 5.98. The molecular weight excluding hydrogens is 344 g/mol. The molecule has 2 aromatic rings. The number of rotatable bonds is 7. The monoisotopic (exact) mass is 364 g/mol. The van der Waals surface area contributed by atoms with Crippen LogP contribution < -0.4 is 14.8 Å². The number of aromatic nitrogens is 2. The lowest BCUT2D eigenvalue weighted by molar-refractivity contribution is -0.117. The van der Waals surface area contributed by atoms with Crippen LogP contribution in [0.5, 0.6) is 11.5 Å². The Bertz CT molecular complexity index is 908. The van der Waals surface area contributed by atoms with E-state index in [1.807, 2.05) is 41.1 Å². The maximum atomic E-state index is 12.2. The fraction of sp³-hybridized carbons (Fsp3) is 0.250. The van der Waals surface area contributed by atoms with Gasteiger partial charge in [0.1, 0.15) is 18.2 Å². The van der Waals surface area contributed by atoms with Crippen molar-refractivity contribution >= 4 is 12.0 Å². The predicted molar refractivity (Wildman–Crippen MR) is 100 cm³/mol. The molecule has 7 nitrogen and oxygen atoms in total. The Balaban J connectivity index is 1.62. The number of amides is 1. The highest BCUT2D eigenvalue weighted by atomic mass is 16.5. The van der Waals surface area contributed by atoms with Crippen molar-refractivity contribution in [2.75, 3.05) is 20.3 Å². The van der Waals surface area contributed by atoms with Gasteiger partial charge in [-0.15, -0.1) is 0 Å². The summed E-state index contributed by atoms with van der Waals surface area (Å²) in [6, 6.07) is 7.55. The van der Waals surface area contributed by atoms with Gasteiger partial charge in [-0.2, -0.15) is 5.26 Å². The van der Waals surface area contributed by atoms with Gasteiger partial charge >= 0.3 is 0 Å². The summed E-state index contributed by atoms with van der Waals surface area (Å²) < 4.78 is 12.9. The number of nitriles is 1. The molecule has 0 spiro atoms. The zero-order chi connectivity index (χ0) is 19.1. The summed E-state index contributed by atoms with van der Waals surface area (Å²) in [5.74, 6) is 0.933. The third-order valence-electron chi connectivity index (χ3n) is 4.09. The molecule has 0 unspecified atom stereocenters. The zero-order valence-corrected chi connectivity index (χ0v) is 15.0. The SMILES string of the molecule is COc1cccc2c1OCC(C=C(C#N)C(=O)NCCCn1ccnc1)=C2. The van der Waals surface area contributed by atoms with Crippen molar-refractivity contribution in [3.63, 3.8) is 0 Å². The van der Waals surface area contributed by atoms with E-state index in [1.54, 1.807) is 25.7 Å². The van der Waals surface area contributed by atoms with Crippen LogP contribution in [0.15, 0.2) is 54.1 Å². The minimum atomic E-state index is -0.388. The maximum absolute atomic E-state index is 12.2. The second-order valence-corrected chi connectivity index (χ2v) is 5.97. The van der Waals surface area contributed by atoms with Crippen molar-refractivity contribution in [2.24, 2.45) is 0 Å². The van der Waals surface area contributed by atoms with E-state index in [0.29, 0.717) is 18.0 Å². The number of hydrogen-bond acceptors (Lipinski definition) is 5. The molecule has 1 N–H and O–H groups in total. The topological polar surface area (TPSA) is 89.2 Å². The number of benzene rings is 1. The third-order valence-corrected chi connectivity index (χ3v) is 4.09. The molecule has 3 rings (SSSR count). The summed E-state index contributed by atoms with van der Waals surface area (Å²) in [5.41, 5.74) is 1.66. The van der Waals surface area contributed by atoms with Crippen LogP contribution in [-0.2, 0) is 11.3 Å². The zero-order valence-electron chi connectivity index (χ0n) is 15.0. The number of methoxy groups -OCH3 is 1. The van der Waals surface area contributed by atoms with Crippen LogP contribution in [0, 0.1) is 11.3 Å². The Hall–Kier alpha value is -3.53. The average molecular weight is 364 g/mol. The number of nitrogens with one attached hydrogen (secondary N) is 1. The van der Waals surface area contributed by atoms with E-state index in [0.717, 1.165) is 24.1 Å². The van der Waals surface area contributed by atoms with E-state index in [-0.39, 0.29) is 18.1 Å². The van der Waals surface area contributed by atoms with Crippen molar-refractivity contribution in [2.45, 2.75) is 13.0 Å². The predicted octanol–water partition coefficient (Wildman–Crippen LogP) is 2.32. The molecule has 1 aromatic heterocycles. The third kappa shape index (κ3) is 4.55. The molecule has 0 aliphatic carbocycles. The van der Waals surface area contributed by atoms with Crippen LogP contribution in [0.25, 0.3) is 6.08 Å². The molecule has 0 bridgehead atoms. The van der Waals surface area contributed by atoms with Gasteiger partial charge in [-0.25, -0.2) is 4.98 Å². The van der Waals surface area contributed by atoms with Gasteiger partial charge in [-0.05, 0) is 30.2 Å². The van der Waals surface area contributed by atoms with E-state index >= 15 is 0 Å². The standard InChI is InChI=1S/C20H20N4O3/c1-26-18-5-2-4-16-10-15(13-27-19(16)18)11-17(12-21)20(25)23-6-3-8-24-9-7-22-14-24/h2,4-5,7,9-11,14H,3,6,8,13H2,1H3,(H,23,25). The Kier molecular flexibility index (Phi) is 5.90. The molecule has 0 radical (unpaired) electrons. The molecule has 27 heavy (non-hydrogen) atoms. The van der Waals surface area contributed by atoms with Gasteiger partial charge in [0.2, 0.25) is 0 Å². The number of carbonyl (C=O) groups is 1. The number of carbonyl (C=O) groups excluding carboxylic acids is 1. The van der Waals surface area contributed by atoms with E-state index in [1.165, 1.54) is 0 Å². The summed E-state index contributed by atoms with van der Waals surface area (Å²) in [4.78, 5) is 16.2. The second-order valence-electron chi connectivity index (χ2n) is 5.97. The summed E-state index contributed by atoms with van der Waals surface area (Å²) in [6.45, 7) is 1.50. The van der Waals surface area contributed by atoms with Gasteiger partial charge in [0.25, 0.3) is 5.91 Å². The number of ether oxygens (including phenoxy) is 2. The molecule has 0 atom stereocenters. The molecule has 7 heteroatoms. The average Bonchev–Trinajstić information content (AvgIpc) is 3.22. The van der Waals surface area contributed by atoms with Crippen LogP contribution in [0.1, 0.15) is 12.0 Å². The number of aryl methyl sites for hydroxylation is 1. The van der Waals surface area contributed by atoms with Crippen molar-refractivity contribution < 1.29 is 14.3 Å². The first-order chi connectivity index (χ1) is 13.2. The van der Waals surface area contributed by atoms with Crippen LogP contribution in [0.4, 0.5) is 0 Å². The minimum Gasteiger partial charge on any atom is -0.493 e. The van der Waals surface area contributed by atoms with Gasteiger partial charge in [-0.1, -0.05) is 12.1 Å². The van der Waals surface area contributed by atoms with Gasteiger partial charge in [0.05, 0.1) is 13.4 Å². The van der Waals surface area contributed by atoms with Crippen LogP contribution in [0.3, 0.4) is 0 Å². The number of nitrogens with zero attached hydrogens (tertiary/aromatic N) is 3. The van der Waals surface area contributed by atoms with Gasteiger partial charge in [0.15, 0.2) is 11.5 Å². The minimum absolute atomic E-state index is 0.0545. The smallest absolute Gasteiger partial charge is 0.261 e. The fourth-order valence-electron chi connectivity index (χ4n) is 2.75. The summed E-state index contributed by atoms with van der Waals surface area (Å²) in [6.07, 6.45) is 9.51. The molecule has 1 aliphatic heterocycles. The van der Waals surface area contributed by atoms with E-state index < -0.39 is 0 Å². The molecule has 138 valence electrons. The lowest BCUT2D eigenvalue weighted by Gasteiger charge is -2.18. The number of hydrogen-bond donors (Lipinski definition) is 1. The number of para-hydroxylation sites is 1. The van der Waals surface area contributed by atoms with Crippen LogP contribution in [-0.4, -0.2) is 35.7 Å². The first-order valence-electron chi connectivity index (χ1n) is 8.57.